The maximum Gasteiger partial charge on any atom is 0.123 e. The molecule has 0 fully saturated rings. The van der Waals surface area contributed by atoms with Gasteiger partial charge < -0.3 is 4.98 Å². The normalized spacial score (nSPS) is 10.3. The van der Waals surface area contributed by atoms with Gasteiger partial charge in [0.05, 0.1) is 18.1 Å². The van der Waals surface area contributed by atoms with Crippen molar-refractivity contribution in [3.63, 3.8) is 0 Å². The summed E-state index contributed by atoms with van der Waals surface area (Å²) in [5, 5.41) is 0. The molecule has 0 unspecified atom stereocenters. The van der Waals surface area contributed by atoms with E-state index in [4.69, 9.17) is 12.2 Å². The summed E-state index contributed by atoms with van der Waals surface area (Å²) in [4.78, 5) is 6.95. The highest BCUT2D eigenvalue weighted by Crippen LogP contribution is 2.21. The second-order valence-corrected chi connectivity index (χ2v) is 3.71. The minimum atomic E-state index is -0.265. The van der Waals surface area contributed by atoms with Crippen LogP contribution >= 0.6 is 12.2 Å². The van der Waals surface area contributed by atoms with Gasteiger partial charge in [-0.2, -0.15) is 0 Å². The van der Waals surface area contributed by atoms with Crippen molar-refractivity contribution in [3.05, 3.63) is 46.6 Å². The molecule has 0 atom stereocenters. The van der Waals surface area contributed by atoms with E-state index in [2.05, 4.69) is 9.97 Å². The number of hydrogen-bond acceptors (Lipinski definition) is 2. The van der Waals surface area contributed by atoms with Crippen molar-refractivity contribution < 1.29 is 4.39 Å². The van der Waals surface area contributed by atoms with Crippen LogP contribution in [0, 0.1) is 17.4 Å². The molecular formula is C11H9FN2S. The van der Waals surface area contributed by atoms with Gasteiger partial charge in [0, 0.05) is 5.56 Å². The van der Waals surface area contributed by atoms with E-state index in [1.165, 1.54) is 12.1 Å². The molecule has 2 rings (SSSR count). The molecular weight excluding hydrogens is 211 g/mol. The number of nitrogens with zero attached hydrogens (tertiary/aromatic N) is 1. The fourth-order valence-electron chi connectivity index (χ4n) is 1.40. The Balaban J connectivity index is 2.63. The predicted molar refractivity (Wildman–Crippen MR) is 59.6 cm³/mol. The van der Waals surface area contributed by atoms with Crippen molar-refractivity contribution in [1.29, 1.82) is 0 Å². The lowest BCUT2D eigenvalue weighted by atomic mass is 10.1. The minimum Gasteiger partial charge on any atom is -0.344 e. The summed E-state index contributed by atoms with van der Waals surface area (Å²) in [6.07, 6.45) is 3.19. The highest BCUT2D eigenvalue weighted by molar-refractivity contribution is 7.71. The maximum atomic E-state index is 13.1. The predicted octanol–water partition coefficient (Wildman–Crippen LogP) is 3.25. The number of aromatic amines is 1. The van der Waals surface area contributed by atoms with Crippen LogP contribution in [0.15, 0.2) is 30.6 Å². The van der Waals surface area contributed by atoms with Gasteiger partial charge in [-0.1, -0.05) is 18.3 Å². The molecule has 0 aliphatic carbocycles. The van der Waals surface area contributed by atoms with Gasteiger partial charge in [-0.05, 0) is 24.6 Å². The molecule has 0 saturated heterocycles. The topological polar surface area (TPSA) is 28.7 Å². The molecule has 0 radical (unpaired) electrons. The summed E-state index contributed by atoms with van der Waals surface area (Å²) in [7, 11) is 0. The van der Waals surface area contributed by atoms with Crippen LogP contribution in [0.5, 0.6) is 0 Å². The third kappa shape index (κ3) is 2.10. The smallest absolute Gasteiger partial charge is 0.123 e. The van der Waals surface area contributed by atoms with Crippen LogP contribution in [0.2, 0.25) is 0 Å². The molecule has 0 spiro atoms. The number of nitrogens with one attached hydrogen (secondary N) is 1. The maximum absolute atomic E-state index is 13.1. The lowest BCUT2D eigenvalue weighted by Crippen LogP contribution is -1.90. The first-order valence-corrected chi connectivity index (χ1v) is 4.88. The van der Waals surface area contributed by atoms with Gasteiger partial charge >= 0.3 is 0 Å². The lowest BCUT2D eigenvalue weighted by molar-refractivity contribution is 0.628. The number of aryl methyl sites for hydroxylation is 1. The summed E-state index contributed by atoms with van der Waals surface area (Å²) in [6, 6.07) is 4.63. The quantitative estimate of drug-likeness (QED) is 0.747. The zero-order valence-corrected chi connectivity index (χ0v) is 8.94. The van der Waals surface area contributed by atoms with Gasteiger partial charge in [-0.3, -0.25) is 4.98 Å². The molecule has 0 aliphatic rings. The fourth-order valence-corrected chi connectivity index (χ4v) is 1.57. The van der Waals surface area contributed by atoms with E-state index >= 15 is 0 Å². The van der Waals surface area contributed by atoms with Gasteiger partial charge in [0.15, 0.2) is 0 Å². The fraction of sp³-hybridized carbons (Fsp3) is 0.0909. The molecule has 1 aromatic carbocycles. The number of hydrogen-bond donors (Lipinski definition) is 1. The first-order valence-electron chi connectivity index (χ1n) is 4.47. The Morgan fingerprint density at radius 3 is 2.87 bits per heavy atom. The molecule has 76 valence electrons. The molecule has 15 heavy (non-hydrogen) atoms. The largest absolute Gasteiger partial charge is 0.344 e. The van der Waals surface area contributed by atoms with Crippen LogP contribution in [0.4, 0.5) is 4.39 Å². The van der Waals surface area contributed by atoms with Gasteiger partial charge in [0.2, 0.25) is 0 Å². The molecule has 1 aromatic heterocycles. The Bertz CT molecular complexity index is 548. The van der Waals surface area contributed by atoms with Crippen molar-refractivity contribution in [2.24, 2.45) is 0 Å². The SMILES string of the molecule is Cc1ccc(F)cc1-c1cncc(=S)[nH]1. The number of benzene rings is 1. The summed E-state index contributed by atoms with van der Waals surface area (Å²) >= 11 is 4.96. The first kappa shape index (κ1) is 9.98. The van der Waals surface area contributed by atoms with Crippen molar-refractivity contribution in [3.8, 4) is 11.3 Å². The van der Waals surface area contributed by atoms with Gasteiger partial charge in [-0.25, -0.2) is 4.39 Å². The molecule has 0 bridgehead atoms. The van der Waals surface area contributed by atoms with Crippen LogP contribution in [-0.2, 0) is 0 Å². The molecule has 2 aromatic rings. The molecule has 4 heteroatoms. The molecule has 2 nitrogen and oxygen atoms in total. The van der Waals surface area contributed by atoms with Crippen LogP contribution in [-0.4, -0.2) is 9.97 Å². The Morgan fingerprint density at radius 1 is 1.33 bits per heavy atom. The van der Waals surface area contributed by atoms with Crippen molar-refractivity contribution in [1.82, 2.24) is 9.97 Å². The Kier molecular flexibility index (Phi) is 2.60. The molecule has 1 heterocycles. The Labute approximate surface area is 91.8 Å². The average molecular weight is 220 g/mol. The second-order valence-electron chi connectivity index (χ2n) is 3.27. The zero-order chi connectivity index (χ0) is 10.8. The van der Waals surface area contributed by atoms with Crippen molar-refractivity contribution in [2.45, 2.75) is 6.92 Å². The van der Waals surface area contributed by atoms with Gasteiger partial charge in [-0.15, -0.1) is 0 Å². The summed E-state index contributed by atoms with van der Waals surface area (Å²) in [6.45, 7) is 1.92. The van der Waals surface area contributed by atoms with Crippen molar-refractivity contribution >= 4 is 12.2 Å². The number of H-pyrrole nitrogens is 1. The second kappa shape index (κ2) is 3.90. The summed E-state index contributed by atoms with van der Waals surface area (Å²) in [5.41, 5.74) is 2.50. The molecule has 0 saturated carbocycles. The van der Waals surface area contributed by atoms with E-state index in [1.54, 1.807) is 18.5 Å². The zero-order valence-electron chi connectivity index (χ0n) is 8.12. The highest BCUT2D eigenvalue weighted by Gasteiger charge is 2.03. The highest BCUT2D eigenvalue weighted by atomic mass is 32.1. The van der Waals surface area contributed by atoms with Crippen molar-refractivity contribution in [2.75, 3.05) is 0 Å². The third-order valence-electron chi connectivity index (χ3n) is 2.14. The van der Waals surface area contributed by atoms with E-state index in [9.17, 15) is 4.39 Å². The van der Waals surface area contributed by atoms with Gasteiger partial charge in [0.1, 0.15) is 10.5 Å². The standard InChI is InChI=1S/C11H9FN2S/c1-7-2-3-8(12)4-9(7)10-5-13-6-11(15)14-10/h2-6H,1H3,(H,14,15). The van der Waals surface area contributed by atoms with E-state index in [0.29, 0.717) is 4.64 Å². The van der Waals surface area contributed by atoms with E-state index in [-0.39, 0.29) is 5.82 Å². The number of halogens is 1. The number of rotatable bonds is 1. The minimum absolute atomic E-state index is 0.265. The monoisotopic (exact) mass is 220 g/mol. The lowest BCUT2D eigenvalue weighted by Gasteiger charge is -2.05. The van der Waals surface area contributed by atoms with E-state index in [0.717, 1.165) is 16.8 Å². The third-order valence-corrected chi connectivity index (χ3v) is 2.35. The molecule has 1 N–H and O–H groups in total. The van der Waals surface area contributed by atoms with E-state index < -0.39 is 0 Å². The molecule has 0 amide bonds. The Morgan fingerprint density at radius 2 is 2.13 bits per heavy atom. The van der Waals surface area contributed by atoms with E-state index in [1.807, 2.05) is 6.92 Å². The van der Waals surface area contributed by atoms with Crippen LogP contribution in [0.3, 0.4) is 0 Å². The van der Waals surface area contributed by atoms with Crippen LogP contribution < -0.4 is 0 Å². The van der Waals surface area contributed by atoms with Crippen LogP contribution in [0.1, 0.15) is 5.56 Å². The summed E-state index contributed by atoms with van der Waals surface area (Å²) in [5.74, 6) is -0.265. The number of aromatic nitrogens is 2. The first-order chi connectivity index (χ1) is 7.16. The summed E-state index contributed by atoms with van der Waals surface area (Å²) < 4.78 is 13.6. The average Bonchev–Trinajstić information content (AvgIpc) is 2.22. The van der Waals surface area contributed by atoms with Crippen LogP contribution in [0.25, 0.3) is 11.3 Å². The Hall–Kier alpha value is -1.55. The molecule has 0 aliphatic heterocycles. The van der Waals surface area contributed by atoms with Gasteiger partial charge in [0.25, 0.3) is 0 Å².